The summed E-state index contributed by atoms with van der Waals surface area (Å²) in [6.07, 6.45) is 2.48. The smallest absolute Gasteiger partial charge is 0.287 e. The van der Waals surface area contributed by atoms with Gasteiger partial charge in [-0.1, -0.05) is 6.07 Å². The molecule has 1 saturated heterocycles. The molecule has 2 amide bonds. The zero-order valence-electron chi connectivity index (χ0n) is 15.3. The monoisotopic (exact) mass is 359 g/mol. The Kier molecular flexibility index (Phi) is 5.85. The van der Waals surface area contributed by atoms with Crippen molar-refractivity contribution in [2.24, 2.45) is 0 Å². The lowest BCUT2D eigenvalue weighted by Gasteiger charge is -2.32. The van der Waals surface area contributed by atoms with Crippen LogP contribution in [0, 0.1) is 0 Å². The highest BCUT2D eigenvalue weighted by Gasteiger charge is 2.26. The number of imidazole rings is 1. The van der Waals surface area contributed by atoms with Gasteiger partial charge in [0.2, 0.25) is 5.82 Å². The summed E-state index contributed by atoms with van der Waals surface area (Å²) in [6, 6.07) is 5.48. The molecule has 1 fully saturated rings. The SMILES string of the molecule is COCCCNC(=O)c1nc(C(=O)N2CCN(C)CC2)c2ccccn12. The Balaban J connectivity index is 1.83. The Morgan fingerprint density at radius 1 is 1.23 bits per heavy atom. The molecule has 8 nitrogen and oxygen atoms in total. The molecule has 8 heteroatoms. The number of pyridine rings is 1. The number of methoxy groups -OCH3 is 1. The average molecular weight is 359 g/mol. The van der Waals surface area contributed by atoms with Crippen LogP contribution in [-0.4, -0.2) is 84.5 Å². The van der Waals surface area contributed by atoms with E-state index in [9.17, 15) is 9.59 Å². The summed E-state index contributed by atoms with van der Waals surface area (Å²) in [5, 5.41) is 2.83. The maximum atomic E-state index is 12.9. The predicted octanol–water partition coefficient (Wildman–Crippen LogP) is 0.488. The van der Waals surface area contributed by atoms with Gasteiger partial charge < -0.3 is 19.9 Å². The number of piperazine rings is 1. The number of amides is 2. The highest BCUT2D eigenvalue weighted by atomic mass is 16.5. The molecule has 1 aliphatic rings. The number of hydrogen-bond acceptors (Lipinski definition) is 5. The van der Waals surface area contributed by atoms with E-state index < -0.39 is 0 Å². The zero-order valence-corrected chi connectivity index (χ0v) is 15.3. The van der Waals surface area contributed by atoms with Crippen LogP contribution < -0.4 is 5.32 Å². The van der Waals surface area contributed by atoms with Crippen LogP contribution in [0.1, 0.15) is 27.5 Å². The molecule has 1 N–H and O–H groups in total. The first kappa shape index (κ1) is 18.3. The predicted molar refractivity (Wildman–Crippen MR) is 97.4 cm³/mol. The molecule has 3 rings (SSSR count). The third-order valence-electron chi connectivity index (χ3n) is 4.56. The number of carbonyl (C=O) groups excluding carboxylic acids is 2. The molecule has 1 aliphatic heterocycles. The number of nitrogens with one attached hydrogen (secondary N) is 1. The van der Waals surface area contributed by atoms with Crippen molar-refractivity contribution in [3.05, 3.63) is 35.9 Å². The first-order chi connectivity index (χ1) is 12.6. The fraction of sp³-hybridized carbons (Fsp3) is 0.500. The highest BCUT2D eigenvalue weighted by molar-refractivity contribution is 6.02. The number of rotatable bonds is 6. The van der Waals surface area contributed by atoms with Crippen molar-refractivity contribution >= 4 is 17.3 Å². The summed E-state index contributed by atoms with van der Waals surface area (Å²) in [7, 11) is 3.67. The van der Waals surface area contributed by atoms with Crippen LogP contribution in [-0.2, 0) is 4.74 Å². The molecule has 2 aromatic heterocycles. The van der Waals surface area contributed by atoms with Crippen molar-refractivity contribution < 1.29 is 14.3 Å². The van der Waals surface area contributed by atoms with Gasteiger partial charge in [0.1, 0.15) is 0 Å². The van der Waals surface area contributed by atoms with Gasteiger partial charge in [-0.25, -0.2) is 4.98 Å². The van der Waals surface area contributed by atoms with Gasteiger partial charge in [-0.15, -0.1) is 0 Å². The van der Waals surface area contributed by atoms with E-state index in [4.69, 9.17) is 4.74 Å². The lowest BCUT2D eigenvalue weighted by Crippen LogP contribution is -2.47. The third-order valence-corrected chi connectivity index (χ3v) is 4.56. The van der Waals surface area contributed by atoms with E-state index in [0.29, 0.717) is 37.5 Å². The molecule has 0 aliphatic carbocycles. The Morgan fingerprint density at radius 3 is 2.73 bits per heavy atom. The van der Waals surface area contributed by atoms with Crippen molar-refractivity contribution in [1.82, 2.24) is 24.5 Å². The molecule has 0 saturated carbocycles. The maximum absolute atomic E-state index is 12.9. The van der Waals surface area contributed by atoms with Crippen molar-refractivity contribution in [3.8, 4) is 0 Å². The molecule has 26 heavy (non-hydrogen) atoms. The standard InChI is InChI=1S/C18H25N5O3/c1-21-9-11-22(12-10-21)18(25)15-14-6-3-4-8-23(14)16(20-15)17(24)19-7-5-13-26-2/h3-4,6,8H,5,7,9-13H2,1-2H3,(H,19,24). The van der Waals surface area contributed by atoms with E-state index in [0.717, 1.165) is 19.5 Å². The summed E-state index contributed by atoms with van der Waals surface area (Å²) in [6.45, 7) is 4.08. The Bertz CT molecular complexity index is 780. The van der Waals surface area contributed by atoms with Crippen LogP contribution in [0.15, 0.2) is 24.4 Å². The largest absolute Gasteiger partial charge is 0.385 e. The minimum Gasteiger partial charge on any atom is -0.385 e. The van der Waals surface area contributed by atoms with Gasteiger partial charge in [0.25, 0.3) is 11.8 Å². The van der Waals surface area contributed by atoms with Gasteiger partial charge in [0, 0.05) is 52.6 Å². The van der Waals surface area contributed by atoms with Gasteiger partial charge in [-0.05, 0) is 25.6 Å². The topological polar surface area (TPSA) is 79.2 Å². The number of likely N-dealkylation sites (N-methyl/N-ethyl adjacent to an activating group) is 1. The van der Waals surface area contributed by atoms with Crippen LogP contribution >= 0.6 is 0 Å². The molecule has 0 atom stereocenters. The van der Waals surface area contributed by atoms with Crippen LogP contribution in [0.4, 0.5) is 0 Å². The number of fused-ring (bicyclic) bond motifs is 1. The van der Waals surface area contributed by atoms with Gasteiger partial charge in [-0.3, -0.25) is 14.0 Å². The lowest BCUT2D eigenvalue weighted by atomic mass is 10.2. The molecule has 3 heterocycles. The Morgan fingerprint density at radius 2 is 2.00 bits per heavy atom. The summed E-state index contributed by atoms with van der Waals surface area (Å²) in [4.78, 5) is 33.8. The molecule has 0 radical (unpaired) electrons. The van der Waals surface area contributed by atoms with Crippen molar-refractivity contribution in [2.75, 3.05) is 53.5 Å². The average Bonchev–Trinajstić information content (AvgIpc) is 3.05. The molecule has 0 spiro atoms. The minimum atomic E-state index is -0.292. The van der Waals surface area contributed by atoms with E-state index in [1.807, 2.05) is 25.2 Å². The second kappa shape index (κ2) is 8.29. The molecule has 2 aromatic rings. The van der Waals surface area contributed by atoms with Gasteiger partial charge in [0.05, 0.1) is 5.52 Å². The number of ether oxygens (including phenoxy) is 1. The number of aromatic nitrogens is 2. The Labute approximate surface area is 152 Å². The third kappa shape index (κ3) is 3.86. The summed E-state index contributed by atoms with van der Waals surface area (Å²) >= 11 is 0. The van der Waals surface area contributed by atoms with E-state index in [-0.39, 0.29) is 17.6 Å². The first-order valence-corrected chi connectivity index (χ1v) is 8.84. The minimum absolute atomic E-state index is 0.125. The van der Waals surface area contributed by atoms with Crippen LogP contribution in [0.25, 0.3) is 5.52 Å². The normalized spacial score (nSPS) is 15.4. The molecule has 0 unspecified atom stereocenters. The van der Waals surface area contributed by atoms with E-state index >= 15 is 0 Å². The van der Waals surface area contributed by atoms with E-state index in [2.05, 4.69) is 15.2 Å². The number of nitrogens with zero attached hydrogens (tertiary/aromatic N) is 4. The van der Waals surface area contributed by atoms with Crippen molar-refractivity contribution in [2.45, 2.75) is 6.42 Å². The second-order valence-corrected chi connectivity index (χ2v) is 6.44. The number of hydrogen-bond donors (Lipinski definition) is 1. The fourth-order valence-electron chi connectivity index (χ4n) is 3.01. The first-order valence-electron chi connectivity index (χ1n) is 8.84. The molecule has 140 valence electrons. The van der Waals surface area contributed by atoms with Gasteiger partial charge in [0.15, 0.2) is 5.69 Å². The van der Waals surface area contributed by atoms with E-state index in [1.54, 1.807) is 22.6 Å². The quantitative estimate of drug-likeness (QED) is 0.760. The lowest BCUT2D eigenvalue weighted by molar-refractivity contribution is 0.0661. The highest BCUT2D eigenvalue weighted by Crippen LogP contribution is 2.16. The Hall–Kier alpha value is -2.45. The summed E-state index contributed by atoms with van der Waals surface area (Å²) < 4.78 is 6.66. The van der Waals surface area contributed by atoms with Gasteiger partial charge >= 0.3 is 0 Å². The second-order valence-electron chi connectivity index (χ2n) is 6.44. The van der Waals surface area contributed by atoms with E-state index in [1.165, 1.54) is 0 Å². The van der Waals surface area contributed by atoms with Crippen LogP contribution in [0.5, 0.6) is 0 Å². The molecular formula is C18H25N5O3. The molecule has 0 bridgehead atoms. The van der Waals surface area contributed by atoms with Crippen molar-refractivity contribution in [1.29, 1.82) is 0 Å². The van der Waals surface area contributed by atoms with Gasteiger partial charge in [-0.2, -0.15) is 0 Å². The zero-order chi connectivity index (χ0) is 18.5. The summed E-state index contributed by atoms with van der Waals surface area (Å²) in [5.74, 6) is -0.185. The summed E-state index contributed by atoms with van der Waals surface area (Å²) in [5.41, 5.74) is 0.982. The van der Waals surface area contributed by atoms with Crippen molar-refractivity contribution in [3.63, 3.8) is 0 Å². The van der Waals surface area contributed by atoms with Crippen LogP contribution in [0.3, 0.4) is 0 Å². The molecule has 0 aromatic carbocycles. The number of carbonyl (C=O) groups is 2. The fourth-order valence-corrected chi connectivity index (χ4v) is 3.01. The maximum Gasteiger partial charge on any atom is 0.287 e. The van der Waals surface area contributed by atoms with Crippen LogP contribution in [0.2, 0.25) is 0 Å². The molecular weight excluding hydrogens is 334 g/mol.